The summed E-state index contributed by atoms with van der Waals surface area (Å²) in [7, 11) is 0. The minimum Gasteiger partial charge on any atom is -0.368 e. The fraction of sp³-hybridized carbons (Fsp3) is 0.321. The first-order valence-electron chi connectivity index (χ1n) is 12.9. The molecule has 3 aromatic heterocycles. The lowest BCUT2D eigenvalue weighted by Gasteiger charge is -2.38. The number of rotatable bonds is 8. The molecular weight excluding hydrogens is 514 g/mol. The van der Waals surface area contributed by atoms with Gasteiger partial charge in [0.1, 0.15) is 11.6 Å². The Bertz CT molecular complexity index is 1510. The summed E-state index contributed by atoms with van der Waals surface area (Å²) in [5.74, 6) is 2.09. The summed E-state index contributed by atoms with van der Waals surface area (Å²) in [6, 6.07) is 11.4. The zero-order chi connectivity index (χ0) is 27.5. The van der Waals surface area contributed by atoms with Gasteiger partial charge in [0, 0.05) is 86.4 Å². The maximum atomic E-state index is 11.2. The SMILES string of the molecule is C=C(c1cnc2cc(C)nn2c1C)N1CCN(c2cc(NCCNC(C)=O)nc(-c3ccc(Cl)cc3)n2)CC1. The molecule has 1 aliphatic heterocycles. The van der Waals surface area contributed by atoms with Crippen LogP contribution in [0.1, 0.15) is 23.9 Å². The number of aryl methyl sites for hydroxylation is 2. The molecule has 10 nitrogen and oxygen atoms in total. The van der Waals surface area contributed by atoms with E-state index in [2.05, 4.69) is 44.0 Å². The largest absolute Gasteiger partial charge is 0.368 e. The molecule has 1 amide bonds. The molecule has 5 rings (SSSR count). The van der Waals surface area contributed by atoms with E-state index in [1.807, 2.05) is 54.0 Å². The smallest absolute Gasteiger partial charge is 0.216 e. The molecule has 2 N–H and O–H groups in total. The van der Waals surface area contributed by atoms with Gasteiger partial charge in [-0.2, -0.15) is 5.10 Å². The fourth-order valence-electron chi connectivity index (χ4n) is 4.67. The monoisotopic (exact) mass is 545 g/mol. The number of anilines is 2. The highest BCUT2D eigenvalue weighted by Crippen LogP contribution is 2.27. The molecule has 202 valence electrons. The van der Waals surface area contributed by atoms with Crippen molar-refractivity contribution < 1.29 is 4.79 Å². The molecule has 4 aromatic rings. The quantitative estimate of drug-likeness (QED) is 0.322. The van der Waals surface area contributed by atoms with Gasteiger partial charge in [-0.1, -0.05) is 18.2 Å². The highest BCUT2D eigenvalue weighted by Gasteiger charge is 2.23. The van der Waals surface area contributed by atoms with Crippen LogP contribution in [0.2, 0.25) is 5.02 Å². The maximum Gasteiger partial charge on any atom is 0.216 e. The Morgan fingerprint density at radius 1 is 1.05 bits per heavy atom. The Labute approximate surface area is 232 Å². The Morgan fingerprint density at radius 3 is 2.51 bits per heavy atom. The van der Waals surface area contributed by atoms with E-state index in [1.54, 1.807) is 0 Å². The molecule has 0 aliphatic carbocycles. The zero-order valence-corrected chi connectivity index (χ0v) is 23.2. The second kappa shape index (κ2) is 11.3. The number of nitrogens with zero attached hydrogens (tertiary/aromatic N) is 7. The van der Waals surface area contributed by atoms with Crippen LogP contribution in [0.25, 0.3) is 22.7 Å². The molecule has 4 heterocycles. The molecule has 0 saturated carbocycles. The summed E-state index contributed by atoms with van der Waals surface area (Å²) in [6.07, 6.45) is 1.89. The van der Waals surface area contributed by atoms with Crippen LogP contribution in [-0.4, -0.2) is 74.6 Å². The number of hydrogen-bond acceptors (Lipinski definition) is 8. The lowest BCUT2D eigenvalue weighted by molar-refractivity contribution is -0.118. The molecule has 0 atom stereocenters. The standard InChI is InChI=1S/C28H32ClN9O/c1-18-15-26-32-17-24(20(3)38(26)35-18)19(2)36-11-13-37(14-12-36)27-16-25(31-10-9-30-21(4)39)33-28(34-27)22-5-7-23(29)8-6-22/h5-8,15-17H,2,9-14H2,1,3-4H3,(H,30,39)(H,31,33,34). The van der Waals surface area contributed by atoms with E-state index in [4.69, 9.17) is 21.6 Å². The van der Waals surface area contributed by atoms with Gasteiger partial charge in [0.15, 0.2) is 11.5 Å². The number of halogens is 1. The van der Waals surface area contributed by atoms with Crippen molar-refractivity contribution in [2.24, 2.45) is 0 Å². The Morgan fingerprint density at radius 2 is 1.79 bits per heavy atom. The van der Waals surface area contributed by atoms with Gasteiger partial charge in [-0.15, -0.1) is 0 Å². The highest BCUT2D eigenvalue weighted by molar-refractivity contribution is 6.30. The molecule has 1 aliphatic rings. The third-order valence-electron chi connectivity index (χ3n) is 6.76. The number of hydrogen-bond donors (Lipinski definition) is 2. The highest BCUT2D eigenvalue weighted by atomic mass is 35.5. The van der Waals surface area contributed by atoms with Crippen LogP contribution in [0.15, 0.2) is 49.2 Å². The van der Waals surface area contributed by atoms with Gasteiger partial charge >= 0.3 is 0 Å². The van der Waals surface area contributed by atoms with Crippen molar-refractivity contribution in [3.63, 3.8) is 0 Å². The zero-order valence-electron chi connectivity index (χ0n) is 22.4. The summed E-state index contributed by atoms with van der Waals surface area (Å²) in [6.45, 7) is 14.1. The van der Waals surface area contributed by atoms with Crippen molar-refractivity contribution >= 4 is 40.5 Å². The average Bonchev–Trinajstić information content (AvgIpc) is 3.32. The third kappa shape index (κ3) is 5.96. The summed E-state index contributed by atoms with van der Waals surface area (Å²) in [5.41, 5.74) is 5.63. The van der Waals surface area contributed by atoms with Crippen molar-refractivity contribution in [1.29, 1.82) is 0 Å². The van der Waals surface area contributed by atoms with Crippen LogP contribution in [0.3, 0.4) is 0 Å². The average molecular weight is 546 g/mol. The number of nitrogens with one attached hydrogen (secondary N) is 2. The van der Waals surface area contributed by atoms with Crippen LogP contribution < -0.4 is 15.5 Å². The van der Waals surface area contributed by atoms with Gasteiger partial charge in [-0.05, 0) is 38.1 Å². The molecule has 1 aromatic carbocycles. The molecule has 11 heteroatoms. The van der Waals surface area contributed by atoms with Gasteiger partial charge in [0.05, 0.1) is 11.4 Å². The topological polar surface area (TPSA) is 104 Å². The molecule has 0 unspecified atom stereocenters. The van der Waals surface area contributed by atoms with E-state index in [0.717, 1.165) is 65.9 Å². The molecule has 0 radical (unpaired) electrons. The van der Waals surface area contributed by atoms with E-state index in [1.165, 1.54) is 6.92 Å². The fourth-order valence-corrected chi connectivity index (χ4v) is 4.79. The first-order chi connectivity index (χ1) is 18.8. The predicted molar refractivity (Wildman–Crippen MR) is 155 cm³/mol. The van der Waals surface area contributed by atoms with Crippen LogP contribution >= 0.6 is 11.6 Å². The number of aromatic nitrogens is 5. The minimum absolute atomic E-state index is 0.0629. The Kier molecular flexibility index (Phi) is 7.65. The van der Waals surface area contributed by atoms with Gasteiger partial charge in [0.2, 0.25) is 5.91 Å². The second-order valence-corrected chi connectivity index (χ2v) is 10.0. The maximum absolute atomic E-state index is 11.2. The molecular formula is C28H32ClN9O. The van der Waals surface area contributed by atoms with E-state index in [0.29, 0.717) is 29.8 Å². The summed E-state index contributed by atoms with van der Waals surface area (Å²) in [4.78, 5) is 30.0. The van der Waals surface area contributed by atoms with Crippen molar-refractivity contribution in [2.75, 3.05) is 49.5 Å². The van der Waals surface area contributed by atoms with Crippen LogP contribution in [-0.2, 0) is 4.79 Å². The normalized spacial score (nSPS) is 13.5. The Hall–Kier alpha value is -4.18. The summed E-state index contributed by atoms with van der Waals surface area (Å²) in [5, 5.41) is 11.3. The van der Waals surface area contributed by atoms with Crippen LogP contribution in [0.5, 0.6) is 0 Å². The van der Waals surface area contributed by atoms with E-state index >= 15 is 0 Å². The number of benzene rings is 1. The molecule has 0 spiro atoms. The lowest BCUT2D eigenvalue weighted by Crippen LogP contribution is -2.45. The van der Waals surface area contributed by atoms with Crippen molar-refractivity contribution in [3.05, 3.63) is 71.1 Å². The van der Waals surface area contributed by atoms with Gasteiger partial charge in [-0.3, -0.25) is 4.79 Å². The van der Waals surface area contributed by atoms with Gasteiger partial charge < -0.3 is 20.4 Å². The summed E-state index contributed by atoms with van der Waals surface area (Å²) < 4.78 is 1.88. The summed E-state index contributed by atoms with van der Waals surface area (Å²) >= 11 is 6.10. The van der Waals surface area contributed by atoms with E-state index in [9.17, 15) is 4.79 Å². The van der Waals surface area contributed by atoms with Crippen LogP contribution in [0.4, 0.5) is 11.6 Å². The molecule has 1 saturated heterocycles. The van der Waals surface area contributed by atoms with Crippen molar-refractivity contribution in [2.45, 2.75) is 20.8 Å². The number of fused-ring (bicyclic) bond motifs is 1. The van der Waals surface area contributed by atoms with Crippen molar-refractivity contribution in [3.8, 4) is 11.4 Å². The number of carbonyl (C=O) groups is 1. The second-order valence-electron chi connectivity index (χ2n) is 9.59. The number of amides is 1. The van der Waals surface area contributed by atoms with Gasteiger partial charge in [0.25, 0.3) is 0 Å². The number of piperazine rings is 1. The van der Waals surface area contributed by atoms with E-state index in [-0.39, 0.29) is 5.91 Å². The first kappa shape index (κ1) is 26.4. The minimum atomic E-state index is -0.0629. The predicted octanol–water partition coefficient (Wildman–Crippen LogP) is 3.80. The van der Waals surface area contributed by atoms with Crippen LogP contribution in [0, 0.1) is 13.8 Å². The lowest BCUT2D eigenvalue weighted by atomic mass is 10.1. The van der Waals surface area contributed by atoms with E-state index < -0.39 is 0 Å². The third-order valence-corrected chi connectivity index (χ3v) is 7.01. The Balaban J connectivity index is 1.32. The van der Waals surface area contributed by atoms with Crippen molar-refractivity contribution in [1.82, 2.24) is 34.8 Å². The molecule has 39 heavy (non-hydrogen) atoms. The number of carbonyl (C=O) groups excluding carboxylic acids is 1. The molecule has 0 bridgehead atoms. The van der Waals surface area contributed by atoms with Gasteiger partial charge in [-0.25, -0.2) is 19.5 Å². The molecule has 1 fully saturated rings. The first-order valence-corrected chi connectivity index (χ1v) is 13.3.